The van der Waals surface area contributed by atoms with E-state index in [2.05, 4.69) is 36.1 Å². The van der Waals surface area contributed by atoms with Crippen molar-refractivity contribution in [1.29, 1.82) is 0 Å². The molecule has 1 fully saturated rings. The van der Waals surface area contributed by atoms with Crippen molar-refractivity contribution in [2.75, 3.05) is 11.9 Å². The van der Waals surface area contributed by atoms with E-state index < -0.39 is 5.91 Å². The Morgan fingerprint density at radius 3 is 2.56 bits per heavy atom. The normalized spacial score (nSPS) is 22.0. The summed E-state index contributed by atoms with van der Waals surface area (Å²) in [4.78, 5) is 20.6. The maximum absolute atomic E-state index is 11.7. The van der Waals surface area contributed by atoms with E-state index in [1.54, 1.807) is 6.20 Å². The maximum atomic E-state index is 11.7. The second kappa shape index (κ2) is 9.13. The molecule has 1 atom stereocenters. The molecule has 1 aliphatic rings. The minimum Gasteiger partial charge on any atom is -0.379 e. The SMILES string of the molecule is CCOC1CCC(Nc2ncc(C(N)=O)c(C[C@@H](C)C(C)C)n2)CC1. The average molecular weight is 348 g/mol. The summed E-state index contributed by atoms with van der Waals surface area (Å²) in [7, 11) is 0. The van der Waals surface area contributed by atoms with Crippen LogP contribution in [0, 0.1) is 11.8 Å². The highest BCUT2D eigenvalue weighted by Gasteiger charge is 2.23. The van der Waals surface area contributed by atoms with E-state index in [0.717, 1.165) is 44.4 Å². The summed E-state index contributed by atoms with van der Waals surface area (Å²) in [6.07, 6.45) is 6.87. The number of amides is 1. The summed E-state index contributed by atoms with van der Waals surface area (Å²) in [5, 5.41) is 3.42. The van der Waals surface area contributed by atoms with Gasteiger partial charge in [0.05, 0.1) is 17.4 Å². The van der Waals surface area contributed by atoms with Gasteiger partial charge in [0.25, 0.3) is 5.91 Å². The van der Waals surface area contributed by atoms with Crippen LogP contribution in [-0.2, 0) is 11.2 Å². The lowest BCUT2D eigenvalue weighted by Gasteiger charge is -2.29. The summed E-state index contributed by atoms with van der Waals surface area (Å²) < 4.78 is 5.70. The maximum Gasteiger partial charge on any atom is 0.252 e. The van der Waals surface area contributed by atoms with Gasteiger partial charge in [-0.05, 0) is 50.9 Å². The first kappa shape index (κ1) is 19.6. The Hall–Kier alpha value is -1.69. The van der Waals surface area contributed by atoms with E-state index >= 15 is 0 Å². The Bertz CT molecular complexity index is 569. The monoisotopic (exact) mass is 348 g/mol. The zero-order valence-corrected chi connectivity index (χ0v) is 15.9. The van der Waals surface area contributed by atoms with Gasteiger partial charge in [0, 0.05) is 18.8 Å². The number of rotatable bonds is 8. The van der Waals surface area contributed by atoms with Crippen LogP contribution in [0.15, 0.2) is 6.20 Å². The molecule has 1 heterocycles. The molecule has 0 bridgehead atoms. The molecule has 0 saturated heterocycles. The molecule has 0 radical (unpaired) electrons. The van der Waals surface area contributed by atoms with E-state index in [1.165, 1.54) is 0 Å². The molecule has 6 nitrogen and oxygen atoms in total. The predicted molar refractivity (Wildman–Crippen MR) is 99.5 cm³/mol. The predicted octanol–water partition coefficient (Wildman–Crippen LogP) is 3.17. The Kier molecular flexibility index (Phi) is 7.17. The van der Waals surface area contributed by atoms with Crippen molar-refractivity contribution in [2.24, 2.45) is 17.6 Å². The lowest BCUT2D eigenvalue weighted by atomic mass is 9.92. The highest BCUT2D eigenvalue weighted by atomic mass is 16.5. The Morgan fingerprint density at radius 1 is 1.32 bits per heavy atom. The van der Waals surface area contributed by atoms with Crippen molar-refractivity contribution in [2.45, 2.75) is 71.9 Å². The Labute approximate surface area is 151 Å². The van der Waals surface area contributed by atoms with Crippen LogP contribution in [0.25, 0.3) is 0 Å². The third kappa shape index (κ3) is 5.66. The van der Waals surface area contributed by atoms with Crippen LogP contribution < -0.4 is 11.1 Å². The van der Waals surface area contributed by atoms with Crippen molar-refractivity contribution in [3.8, 4) is 0 Å². The molecular formula is C19H32N4O2. The first-order valence-electron chi connectivity index (χ1n) is 9.44. The van der Waals surface area contributed by atoms with Gasteiger partial charge in [-0.1, -0.05) is 20.8 Å². The van der Waals surface area contributed by atoms with Crippen LogP contribution in [0.5, 0.6) is 0 Å². The van der Waals surface area contributed by atoms with Gasteiger partial charge in [-0.15, -0.1) is 0 Å². The molecule has 1 saturated carbocycles. The molecule has 3 N–H and O–H groups in total. The molecule has 140 valence electrons. The minimum absolute atomic E-state index is 0.353. The Balaban J connectivity index is 2.05. The van der Waals surface area contributed by atoms with Gasteiger partial charge < -0.3 is 15.8 Å². The van der Waals surface area contributed by atoms with Gasteiger partial charge in [-0.3, -0.25) is 4.79 Å². The van der Waals surface area contributed by atoms with Crippen LogP contribution in [0.2, 0.25) is 0 Å². The van der Waals surface area contributed by atoms with Crippen molar-refractivity contribution in [1.82, 2.24) is 9.97 Å². The smallest absolute Gasteiger partial charge is 0.252 e. The van der Waals surface area contributed by atoms with Crippen LogP contribution in [0.1, 0.15) is 69.4 Å². The Morgan fingerprint density at radius 2 is 2.00 bits per heavy atom. The van der Waals surface area contributed by atoms with Crippen molar-refractivity contribution >= 4 is 11.9 Å². The number of carbonyl (C=O) groups is 1. The van der Waals surface area contributed by atoms with Gasteiger partial charge in [0.1, 0.15) is 0 Å². The lowest BCUT2D eigenvalue weighted by molar-refractivity contribution is 0.0346. The lowest BCUT2D eigenvalue weighted by Crippen LogP contribution is -2.30. The topological polar surface area (TPSA) is 90.1 Å². The van der Waals surface area contributed by atoms with Crippen LogP contribution in [0.3, 0.4) is 0 Å². The van der Waals surface area contributed by atoms with Crippen LogP contribution >= 0.6 is 0 Å². The summed E-state index contributed by atoms with van der Waals surface area (Å²) in [5.74, 6) is 1.06. The second-order valence-electron chi connectivity index (χ2n) is 7.42. The number of aromatic nitrogens is 2. The largest absolute Gasteiger partial charge is 0.379 e. The van der Waals surface area contributed by atoms with Gasteiger partial charge in [-0.25, -0.2) is 9.97 Å². The van der Waals surface area contributed by atoms with Gasteiger partial charge in [0.2, 0.25) is 5.95 Å². The van der Waals surface area contributed by atoms with Crippen molar-refractivity contribution in [3.63, 3.8) is 0 Å². The third-order valence-electron chi connectivity index (χ3n) is 5.20. The van der Waals surface area contributed by atoms with Gasteiger partial charge in [-0.2, -0.15) is 0 Å². The molecule has 0 spiro atoms. The van der Waals surface area contributed by atoms with E-state index in [-0.39, 0.29) is 0 Å². The van der Waals surface area contributed by atoms with E-state index in [9.17, 15) is 4.79 Å². The molecule has 1 aromatic rings. The zero-order valence-electron chi connectivity index (χ0n) is 15.9. The second-order valence-corrected chi connectivity index (χ2v) is 7.42. The first-order valence-corrected chi connectivity index (χ1v) is 9.44. The average Bonchev–Trinajstić information content (AvgIpc) is 2.56. The summed E-state index contributed by atoms with van der Waals surface area (Å²) in [6, 6.07) is 0.353. The number of hydrogen-bond donors (Lipinski definition) is 2. The fourth-order valence-corrected chi connectivity index (χ4v) is 3.18. The van der Waals surface area contributed by atoms with Crippen molar-refractivity contribution < 1.29 is 9.53 Å². The van der Waals surface area contributed by atoms with Crippen molar-refractivity contribution in [3.05, 3.63) is 17.5 Å². The molecule has 25 heavy (non-hydrogen) atoms. The summed E-state index contributed by atoms with van der Waals surface area (Å²) >= 11 is 0. The molecule has 1 amide bonds. The van der Waals surface area contributed by atoms with Gasteiger partial charge >= 0.3 is 0 Å². The number of anilines is 1. The number of carbonyl (C=O) groups excluding carboxylic acids is 1. The fourth-order valence-electron chi connectivity index (χ4n) is 3.18. The van der Waals surface area contributed by atoms with E-state index in [4.69, 9.17) is 10.5 Å². The number of ether oxygens (including phenoxy) is 1. The molecular weight excluding hydrogens is 316 g/mol. The minimum atomic E-state index is -0.463. The summed E-state index contributed by atoms with van der Waals surface area (Å²) in [6.45, 7) is 9.33. The molecule has 1 aromatic heterocycles. The highest BCUT2D eigenvalue weighted by molar-refractivity contribution is 5.93. The summed E-state index contributed by atoms with van der Waals surface area (Å²) in [5.41, 5.74) is 6.66. The molecule has 2 rings (SSSR count). The number of nitrogens with zero attached hydrogens (tertiary/aromatic N) is 2. The zero-order chi connectivity index (χ0) is 18.4. The number of nitrogens with one attached hydrogen (secondary N) is 1. The van der Waals surface area contributed by atoms with E-state index in [1.807, 2.05) is 6.92 Å². The van der Waals surface area contributed by atoms with Gasteiger partial charge in [0.15, 0.2) is 0 Å². The molecule has 0 unspecified atom stereocenters. The van der Waals surface area contributed by atoms with Crippen LogP contribution in [-0.4, -0.2) is 34.6 Å². The number of hydrogen-bond acceptors (Lipinski definition) is 5. The fraction of sp³-hybridized carbons (Fsp3) is 0.737. The quantitative estimate of drug-likeness (QED) is 0.753. The molecule has 0 aliphatic heterocycles. The standard InChI is InChI=1S/C19H32N4O2/c1-5-25-15-8-6-14(7-9-15)22-19-21-11-16(18(20)24)17(23-19)10-13(4)12(2)3/h11-15H,5-10H2,1-4H3,(H2,20,24)(H,21,22,23)/t13-,14?,15?/m1/s1. The first-order chi connectivity index (χ1) is 11.9. The van der Waals surface area contributed by atoms with E-state index in [0.29, 0.717) is 35.5 Å². The third-order valence-corrected chi connectivity index (χ3v) is 5.20. The molecule has 6 heteroatoms. The number of primary amides is 1. The number of nitrogens with two attached hydrogens (primary N) is 1. The molecule has 1 aliphatic carbocycles. The molecule has 0 aromatic carbocycles. The highest BCUT2D eigenvalue weighted by Crippen LogP contribution is 2.24. The van der Waals surface area contributed by atoms with Crippen LogP contribution in [0.4, 0.5) is 5.95 Å².